The van der Waals surface area contributed by atoms with Gasteiger partial charge < -0.3 is 18.9 Å². The number of carbonyl (C=O) groups is 2. The highest BCUT2D eigenvalue weighted by Gasteiger charge is 2.28. The fourth-order valence-corrected chi connectivity index (χ4v) is 2.48. The van der Waals surface area contributed by atoms with E-state index in [1.807, 2.05) is 0 Å². The summed E-state index contributed by atoms with van der Waals surface area (Å²) in [6.45, 7) is 2.32. The van der Waals surface area contributed by atoms with E-state index in [-0.39, 0.29) is 39.0 Å². The molecule has 0 spiro atoms. The lowest BCUT2D eigenvalue weighted by atomic mass is 10.1. The second kappa shape index (κ2) is 15.5. The van der Waals surface area contributed by atoms with Gasteiger partial charge in [0.1, 0.15) is 6.61 Å². The summed E-state index contributed by atoms with van der Waals surface area (Å²) in [6.07, 6.45) is 5.04. The molecule has 0 bridgehead atoms. The Bertz CT molecular complexity index is 715. The molecule has 0 radical (unpaired) electrons. The van der Waals surface area contributed by atoms with Crippen LogP contribution in [0.1, 0.15) is 51.9 Å². The lowest BCUT2D eigenvalue weighted by molar-refractivity contribution is -0.145. The van der Waals surface area contributed by atoms with Gasteiger partial charge in [0.05, 0.1) is 32.8 Å². The normalized spacial score (nSPS) is 10.9. The number of benzene rings is 1. The number of ether oxygens (including phenoxy) is 4. The molecule has 1 aromatic carbocycles. The minimum atomic E-state index is -2.35. The summed E-state index contributed by atoms with van der Waals surface area (Å²) in [6, 6.07) is 0. The predicted octanol–water partition coefficient (Wildman–Crippen LogP) is 4.61. The Hall–Kier alpha value is -2.27. The summed E-state index contributed by atoms with van der Waals surface area (Å²) in [5.41, 5.74) is 0. The Labute approximate surface area is 183 Å². The van der Waals surface area contributed by atoms with E-state index in [2.05, 4.69) is 11.7 Å². The summed E-state index contributed by atoms with van der Waals surface area (Å²) in [4.78, 5) is 23.0. The van der Waals surface area contributed by atoms with E-state index in [0.717, 1.165) is 32.1 Å². The van der Waals surface area contributed by atoms with Crippen molar-refractivity contribution in [2.24, 2.45) is 0 Å². The van der Waals surface area contributed by atoms with E-state index in [4.69, 9.17) is 14.2 Å². The Morgan fingerprint density at radius 1 is 0.625 bits per heavy atom. The predicted molar refractivity (Wildman–Crippen MR) is 102 cm³/mol. The van der Waals surface area contributed by atoms with E-state index >= 15 is 0 Å². The van der Waals surface area contributed by atoms with Crippen LogP contribution >= 0.6 is 0 Å². The van der Waals surface area contributed by atoms with Crippen molar-refractivity contribution in [3.63, 3.8) is 0 Å². The van der Waals surface area contributed by atoms with Crippen LogP contribution < -0.4 is 4.74 Å². The first kappa shape index (κ1) is 27.8. The molecule has 0 heterocycles. The fourth-order valence-electron chi connectivity index (χ4n) is 2.48. The highest BCUT2D eigenvalue weighted by atomic mass is 19.2. The van der Waals surface area contributed by atoms with Crippen LogP contribution in [0.15, 0.2) is 0 Å². The van der Waals surface area contributed by atoms with Gasteiger partial charge in [-0.1, -0.05) is 32.6 Å². The first-order chi connectivity index (χ1) is 15.3. The maximum Gasteiger partial charge on any atom is 0.313 e. The second-order valence-electron chi connectivity index (χ2n) is 6.73. The Morgan fingerprint density at radius 2 is 1.16 bits per heavy atom. The molecule has 0 atom stereocenters. The summed E-state index contributed by atoms with van der Waals surface area (Å²) < 4.78 is 85.4. The van der Waals surface area contributed by atoms with Gasteiger partial charge in [0, 0.05) is 6.42 Å². The Balaban J connectivity index is 2.10. The topological polar surface area (TPSA) is 71.1 Å². The van der Waals surface area contributed by atoms with Crippen LogP contribution in [0.3, 0.4) is 0 Å². The number of halogens is 5. The molecule has 6 nitrogen and oxygen atoms in total. The molecule has 0 N–H and O–H groups in total. The molecule has 0 saturated heterocycles. The van der Waals surface area contributed by atoms with E-state index in [9.17, 15) is 31.5 Å². The second-order valence-corrected chi connectivity index (χ2v) is 6.73. The van der Waals surface area contributed by atoms with Crippen LogP contribution in [0, 0.1) is 29.1 Å². The van der Waals surface area contributed by atoms with Crippen molar-refractivity contribution >= 4 is 11.9 Å². The maximum absolute atomic E-state index is 13.4. The molecule has 0 amide bonds. The number of hydrogen-bond donors (Lipinski definition) is 0. The zero-order valence-corrected chi connectivity index (χ0v) is 17.8. The average Bonchev–Trinajstić information content (AvgIpc) is 2.78. The van der Waals surface area contributed by atoms with Crippen LogP contribution in [-0.4, -0.2) is 45.0 Å². The van der Waals surface area contributed by atoms with E-state index in [1.54, 1.807) is 0 Å². The quantitative estimate of drug-likeness (QED) is 0.0878. The van der Waals surface area contributed by atoms with Gasteiger partial charge >= 0.3 is 11.9 Å². The number of rotatable bonds is 16. The van der Waals surface area contributed by atoms with Crippen molar-refractivity contribution in [3.05, 3.63) is 29.1 Å². The van der Waals surface area contributed by atoms with Gasteiger partial charge in [-0.25, -0.2) is 13.2 Å². The van der Waals surface area contributed by atoms with Crippen LogP contribution in [0.25, 0.3) is 0 Å². The number of hydrogen-bond acceptors (Lipinski definition) is 6. The van der Waals surface area contributed by atoms with Crippen molar-refractivity contribution in [2.75, 3.05) is 33.0 Å². The number of esters is 2. The third-order valence-electron chi connectivity index (χ3n) is 4.18. The summed E-state index contributed by atoms with van der Waals surface area (Å²) in [5.74, 6) is -14.4. The molecule has 0 aliphatic carbocycles. The van der Waals surface area contributed by atoms with Crippen molar-refractivity contribution in [1.82, 2.24) is 0 Å². The maximum atomic E-state index is 13.4. The molecule has 0 saturated carbocycles. The van der Waals surface area contributed by atoms with Gasteiger partial charge in [-0.05, 0) is 6.42 Å². The third-order valence-corrected chi connectivity index (χ3v) is 4.18. The van der Waals surface area contributed by atoms with Gasteiger partial charge in [0.15, 0.2) is 0 Å². The van der Waals surface area contributed by atoms with Gasteiger partial charge in [-0.15, -0.1) is 0 Å². The lowest BCUT2D eigenvalue weighted by Gasteiger charge is -2.09. The third kappa shape index (κ3) is 9.90. The van der Waals surface area contributed by atoms with Gasteiger partial charge in [0.2, 0.25) is 34.8 Å². The zero-order valence-electron chi connectivity index (χ0n) is 17.8. The van der Waals surface area contributed by atoms with Crippen LogP contribution in [0.2, 0.25) is 0 Å². The highest BCUT2D eigenvalue weighted by molar-refractivity contribution is 5.72. The zero-order chi connectivity index (χ0) is 23.9. The van der Waals surface area contributed by atoms with E-state index in [1.165, 1.54) is 0 Å². The molecule has 1 rings (SSSR count). The Kier molecular flexibility index (Phi) is 13.5. The van der Waals surface area contributed by atoms with Crippen LogP contribution in [0.4, 0.5) is 22.0 Å². The molecule has 1 aromatic rings. The molecule has 0 aromatic heterocycles. The van der Waals surface area contributed by atoms with Gasteiger partial charge in [-0.3, -0.25) is 9.59 Å². The lowest BCUT2D eigenvalue weighted by Crippen LogP contribution is -2.16. The molecular weight excluding hydrogens is 443 g/mol. The van der Waals surface area contributed by atoms with Crippen molar-refractivity contribution in [2.45, 2.75) is 51.9 Å². The van der Waals surface area contributed by atoms with Crippen LogP contribution in [-0.2, 0) is 23.8 Å². The molecule has 0 aliphatic heterocycles. The van der Waals surface area contributed by atoms with Crippen molar-refractivity contribution in [1.29, 1.82) is 0 Å². The van der Waals surface area contributed by atoms with Crippen molar-refractivity contribution in [3.8, 4) is 5.75 Å². The van der Waals surface area contributed by atoms with E-state index in [0.29, 0.717) is 6.42 Å². The monoisotopic (exact) mass is 470 g/mol. The van der Waals surface area contributed by atoms with E-state index < -0.39 is 47.2 Å². The van der Waals surface area contributed by atoms with Gasteiger partial charge in [0.25, 0.3) is 0 Å². The SMILES string of the molecule is CCCCCCCC(=O)OCCOCCOCCC(=O)Oc1c(F)c(F)c(F)c(F)c1F. The molecular formula is C21H27F5O6. The molecule has 0 unspecified atom stereocenters. The summed E-state index contributed by atoms with van der Waals surface area (Å²) in [5, 5.41) is 0. The molecule has 0 aliphatic rings. The Morgan fingerprint density at radius 3 is 1.78 bits per heavy atom. The first-order valence-corrected chi connectivity index (χ1v) is 10.3. The molecule has 0 fully saturated rings. The largest absolute Gasteiger partial charge is 0.463 e. The first-order valence-electron chi connectivity index (χ1n) is 10.3. The standard InChI is InChI=1S/C21H27F5O6/c1-2-3-4-5-6-7-14(27)31-13-12-30-11-10-29-9-8-15(28)32-21-19(25)17(23)16(22)18(24)20(21)26/h2-13H2,1H3. The highest BCUT2D eigenvalue weighted by Crippen LogP contribution is 2.29. The minimum Gasteiger partial charge on any atom is -0.463 e. The number of unbranched alkanes of at least 4 members (excludes halogenated alkanes) is 4. The average molecular weight is 470 g/mol. The van der Waals surface area contributed by atoms with Crippen LogP contribution in [0.5, 0.6) is 5.75 Å². The summed E-state index contributed by atoms with van der Waals surface area (Å²) in [7, 11) is 0. The number of carbonyl (C=O) groups excluding carboxylic acids is 2. The summed E-state index contributed by atoms with van der Waals surface area (Å²) >= 11 is 0. The van der Waals surface area contributed by atoms with Gasteiger partial charge in [-0.2, -0.15) is 8.78 Å². The molecule has 182 valence electrons. The van der Waals surface area contributed by atoms with Crippen molar-refractivity contribution < 1.29 is 50.5 Å². The molecule has 11 heteroatoms. The molecule has 32 heavy (non-hydrogen) atoms. The minimum absolute atomic E-state index is 0.0567. The fraction of sp³-hybridized carbons (Fsp3) is 0.619. The smallest absolute Gasteiger partial charge is 0.313 e.